The number of hydrogen-bond donors (Lipinski definition) is 4. The molecule has 0 aliphatic rings. The van der Waals surface area contributed by atoms with E-state index in [9.17, 15) is 0 Å². The van der Waals surface area contributed by atoms with Crippen molar-refractivity contribution in [2.75, 3.05) is 0 Å². The fourth-order valence-corrected chi connectivity index (χ4v) is 1.43. The summed E-state index contributed by atoms with van der Waals surface area (Å²) >= 11 is 0. The number of carbonyl (C=O) groups is 2. The van der Waals surface area contributed by atoms with Crippen LogP contribution in [0.5, 0.6) is 0 Å². The normalized spacial score (nSPS) is 8.38. The van der Waals surface area contributed by atoms with Gasteiger partial charge in [0.15, 0.2) is 0 Å². The van der Waals surface area contributed by atoms with Crippen molar-refractivity contribution in [2.24, 2.45) is 0 Å². The van der Waals surface area contributed by atoms with Crippen molar-refractivity contribution in [1.82, 2.24) is 0 Å². The van der Waals surface area contributed by atoms with Crippen LogP contribution in [0.3, 0.4) is 0 Å². The van der Waals surface area contributed by atoms with Gasteiger partial charge in [0.2, 0.25) is 0 Å². The molecule has 0 bridgehead atoms. The van der Waals surface area contributed by atoms with Crippen molar-refractivity contribution in [2.45, 2.75) is 6.42 Å². The first-order chi connectivity index (χ1) is 9.91. The summed E-state index contributed by atoms with van der Waals surface area (Å²) < 4.78 is 0. The van der Waals surface area contributed by atoms with Gasteiger partial charge in [-0.3, -0.25) is 0 Å². The molecule has 112 valence electrons. The molecule has 0 aliphatic heterocycles. The number of benzene rings is 2. The lowest BCUT2D eigenvalue weighted by Crippen LogP contribution is -1.85. The van der Waals surface area contributed by atoms with Gasteiger partial charge in [-0.15, -0.1) is 0 Å². The Morgan fingerprint density at radius 2 is 0.857 bits per heavy atom. The van der Waals surface area contributed by atoms with Gasteiger partial charge in [0.1, 0.15) is 0 Å². The lowest BCUT2D eigenvalue weighted by atomic mass is 10.1. The molecule has 0 atom stereocenters. The van der Waals surface area contributed by atoms with E-state index in [-0.39, 0.29) is 0 Å². The van der Waals surface area contributed by atoms with E-state index in [2.05, 4.69) is 60.7 Å². The fraction of sp³-hybridized carbons (Fsp3) is 0.0667. The first kappa shape index (κ1) is 18.0. The highest BCUT2D eigenvalue weighted by Gasteiger charge is 1.92. The maximum Gasteiger partial charge on any atom is 0.503 e. The van der Waals surface area contributed by atoms with E-state index in [0.29, 0.717) is 0 Å². The minimum atomic E-state index is -1.83. The van der Waals surface area contributed by atoms with E-state index < -0.39 is 12.3 Å². The Bertz CT molecular complexity index is 467. The van der Waals surface area contributed by atoms with Crippen LogP contribution in [-0.4, -0.2) is 32.7 Å². The second-order valence-electron chi connectivity index (χ2n) is 3.71. The van der Waals surface area contributed by atoms with E-state index in [1.54, 1.807) is 0 Å². The van der Waals surface area contributed by atoms with E-state index in [1.807, 2.05) is 0 Å². The molecule has 0 saturated heterocycles. The molecule has 0 amide bonds. The Morgan fingerprint density at radius 1 is 0.619 bits per heavy atom. The first-order valence-corrected chi connectivity index (χ1v) is 5.83. The highest BCUT2D eigenvalue weighted by atomic mass is 16.6. The van der Waals surface area contributed by atoms with Crippen LogP contribution in [0.2, 0.25) is 0 Å². The average Bonchev–Trinajstić information content (AvgIpc) is 2.40. The quantitative estimate of drug-likeness (QED) is 0.670. The van der Waals surface area contributed by atoms with E-state index in [4.69, 9.17) is 30.0 Å². The minimum Gasteiger partial charge on any atom is -0.450 e. The summed E-state index contributed by atoms with van der Waals surface area (Å²) in [7, 11) is 0. The van der Waals surface area contributed by atoms with Crippen LogP contribution in [0, 0.1) is 0 Å². The lowest BCUT2D eigenvalue weighted by Gasteiger charge is -2.00. The Hall–Kier alpha value is -3.02. The van der Waals surface area contributed by atoms with Gasteiger partial charge in [-0.2, -0.15) is 0 Å². The van der Waals surface area contributed by atoms with Gasteiger partial charge in [-0.1, -0.05) is 60.7 Å². The smallest absolute Gasteiger partial charge is 0.450 e. The van der Waals surface area contributed by atoms with Gasteiger partial charge in [0.05, 0.1) is 0 Å². The van der Waals surface area contributed by atoms with Crippen molar-refractivity contribution in [3.05, 3.63) is 71.8 Å². The van der Waals surface area contributed by atoms with Gasteiger partial charge < -0.3 is 20.4 Å². The molecular formula is C15H16O6. The summed E-state index contributed by atoms with van der Waals surface area (Å²) in [5, 5.41) is 27.9. The van der Waals surface area contributed by atoms with Crippen molar-refractivity contribution >= 4 is 12.3 Å². The van der Waals surface area contributed by atoms with Crippen molar-refractivity contribution < 1.29 is 30.0 Å². The standard InChI is InChI=1S/C13H12.2CH2O3/c1-3-7-12(8-4-1)11-13-9-5-2-6-10-13;2*2-1(3)4/h1-10H,11H2;2*(H2,2,3,4). The topological polar surface area (TPSA) is 115 Å². The van der Waals surface area contributed by atoms with Gasteiger partial charge in [-0.25, -0.2) is 9.59 Å². The summed E-state index contributed by atoms with van der Waals surface area (Å²) in [6.45, 7) is 0. The van der Waals surface area contributed by atoms with Gasteiger partial charge in [0, 0.05) is 0 Å². The lowest BCUT2D eigenvalue weighted by molar-refractivity contribution is 0.135. The fourth-order valence-electron chi connectivity index (χ4n) is 1.43. The molecule has 0 saturated carbocycles. The molecule has 0 unspecified atom stereocenters. The zero-order valence-corrected chi connectivity index (χ0v) is 11.1. The molecule has 2 aromatic rings. The van der Waals surface area contributed by atoms with Crippen molar-refractivity contribution in [1.29, 1.82) is 0 Å². The van der Waals surface area contributed by atoms with Crippen LogP contribution < -0.4 is 0 Å². The molecule has 6 heteroatoms. The maximum absolute atomic E-state index is 8.56. The van der Waals surface area contributed by atoms with Crippen LogP contribution in [0.4, 0.5) is 9.59 Å². The largest absolute Gasteiger partial charge is 0.503 e. The Morgan fingerprint density at radius 3 is 1.10 bits per heavy atom. The minimum absolute atomic E-state index is 1.03. The van der Waals surface area contributed by atoms with Crippen LogP contribution in [0.25, 0.3) is 0 Å². The molecule has 0 spiro atoms. The predicted molar refractivity (Wildman–Crippen MR) is 77.0 cm³/mol. The molecule has 2 aromatic carbocycles. The molecular weight excluding hydrogens is 276 g/mol. The van der Waals surface area contributed by atoms with E-state index >= 15 is 0 Å². The molecule has 6 nitrogen and oxygen atoms in total. The Kier molecular flexibility index (Phi) is 9.30. The predicted octanol–water partition coefficient (Wildman–Crippen LogP) is 3.72. The molecule has 2 rings (SSSR count). The highest BCUT2D eigenvalue weighted by molar-refractivity contribution is 5.53. The zero-order chi connectivity index (χ0) is 16.1. The third-order valence-corrected chi connectivity index (χ3v) is 2.09. The number of rotatable bonds is 2. The summed E-state index contributed by atoms with van der Waals surface area (Å²) in [5.41, 5.74) is 2.74. The van der Waals surface area contributed by atoms with E-state index in [0.717, 1.165) is 6.42 Å². The van der Waals surface area contributed by atoms with Gasteiger partial charge >= 0.3 is 12.3 Å². The zero-order valence-electron chi connectivity index (χ0n) is 11.1. The third kappa shape index (κ3) is 13.2. The van der Waals surface area contributed by atoms with Crippen LogP contribution in [0.15, 0.2) is 60.7 Å². The van der Waals surface area contributed by atoms with Crippen molar-refractivity contribution in [3.63, 3.8) is 0 Å². The molecule has 0 aliphatic carbocycles. The van der Waals surface area contributed by atoms with E-state index in [1.165, 1.54) is 11.1 Å². The number of carboxylic acid groups (broad SMARTS) is 4. The Labute approximate surface area is 121 Å². The molecule has 0 fully saturated rings. The monoisotopic (exact) mass is 292 g/mol. The second-order valence-corrected chi connectivity index (χ2v) is 3.71. The van der Waals surface area contributed by atoms with Gasteiger partial charge in [-0.05, 0) is 17.5 Å². The molecule has 21 heavy (non-hydrogen) atoms. The molecule has 0 radical (unpaired) electrons. The molecule has 4 N–H and O–H groups in total. The Balaban J connectivity index is 0.000000421. The van der Waals surface area contributed by atoms with Crippen LogP contribution >= 0.6 is 0 Å². The van der Waals surface area contributed by atoms with Crippen molar-refractivity contribution in [3.8, 4) is 0 Å². The highest BCUT2D eigenvalue weighted by Crippen LogP contribution is 2.07. The SMILES string of the molecule is O=C(O)O.O=C(O)O.c1ccc(Cc2ccccc2)cc1. The number of hydrogen-bond acceptors (Lipinski definition) is 2. The maximum atomic E-state index is 8.56. The summed E-state index contributed by atoms with van der Waals surface area (Å²) in [5.74, 6) is 0. The molecule has 0 heterocycles. The summed E-state index contributed by atoms with van der Waals surface area (Å²) in [4.78, 5) is 17.1. The second kappa shape index (κ2) is 10.9. The third-order valence-electron chi connectivity index (χ3n) is 2.09. The first-order valence-electron chi connectivity index (χ1n) is 5.83. The van der Waals surface area contributed by atoms with Crippen LogP contribution in [0.1, 0.15) is 11.1 Å². The average molecular weight is 292 g/mol. The van der Waals surface area contributed by atoms with Crippen LogP contribution in [-0.2, 0) is 6.42 Å². The summed E-state index contributed by atoms with van der Waals surface area (Å²) in [6, 6.07) is 21.1. The molecule has 0 aromatic heterocycles. The van der Waals surface area contributed by atoms with Gasteiger partial charge in [0.25, 0.3) is 0 Å². The summed E-state index contributed by atoms with van der Waals surface area (Å²) in [6.07, 6.45) is -2.64.